The number of nitrogens with one attached hydrogen (secondary N) is 1. The monoisotopic (exact) mass is 196 g/mol. The minimum absolute atomic E-state index is 0.381. The molecule has 78 valence electrons. The Bertz CT molecular complexity index is 304. The van der Waals surface area contributed by atoms with E-state index in [2.05, 4.69) is 15.4 Å². The maximum atomic E-state index is 5.38. The predicted molar refractivity (Wildman–Crippen MR) is 52.1 cm³/mol. The fourth-order valence-electron chi connectivity index (χ4n) is 1.71. The van der Waals surface area contributed by atoms with Crippen molar-refractivity contribution in [3.63, 3.8) is 0 Å². The Balaban J connectivity index is 1.98. The van der Waals surface area contributed by atoms with Crippen LogP contribution in [0, 0.1) is 6.92 Å². The summed E-state index contributed by atoms with van der Waals surface area (Å²) < 4.78 is 7.22. The molecule has 0 saturated carbocycles. The lowest BCUT2D eigenvalue weighted by molar-refractivity contribution is 0.0761. The largest absolute Gasteiger partial charge is 0.379 e. The van der Waals surface area contributed by atoms with Crippen LogP contribution in [0.4, 0.5) is 0 Å². The Morgan fingerprint density at radius 2 is 2.50 bits per heavy atom. The van der Waals surface area contributed by atoms with Gasteiger partial charge in [0.2, 0.25) is 0 Å². The van der Waals surface area contributed by atoms with E-state index in [1.54, 1.807) is 0 Å². The van der Waals surface area contributed by atoms with Crippen LogP contribution in [-0.2, 0) is 18.2 Å². The van der Waals surface area contributed by atoms with E-state index in [1.165, 1.54) is 0 Å². The van der Waals surface area contributed by atoms with Gasteiger partial charge in [-0.05, 0) is 6.92 Å². The summed E-state index contributed by atoms with van der Waals surface area (Å²) in [5, 5.41) is 7.61. The number of nitrogens with zero attached hydrogens (tertiary/aromatic N) is 3. The molecule has 5 nitrogen and oxygen atoms in total. The first-order chi connectivity index (χ1) is 6.75. The smallest absolute Gasteiger partial charge is 0.147 e. The zero-order chi connectivity index (χ0) is 9.97. The van der Waals surface area contributed by atoms with Gasteiger partial charge in [-0.1, -0.05) is 0 Å². The average Bonchev–Trinajstić information content (AvgIpc) is 2.47. The third kappa shape index (κ3) is 2.10. The highest BCUT2D eigenvalue weighted by atomic mass is 16.5. The van der Waals surface area contributed by atoms with E-state index < -0.39 is 0 Å². The van der Waals surface area contributed by atoms with Crippen LogP contribution in [0.2, 0.25) is 0 Å². The van der Waals surface area contributed by atoms with Gasteiger partial charge < -0.3 is 10.1 Å². The number of hydrogen-bond acceptors (Lipinski definition) is 4. The van der Waals surface area contributed by atoms with E-state index >= 15 is 0 Å². The molecule has 1 unspecified atom stereocenters. The summed E-state index contributed by atoms with van der Waals surface area (Å²) in [6.45, 7) is 4.43. The van der Waals surface area contributed by atoms with Crippen LogP contribution < -0.4 is 5.32 Å². The van der Waals surface area contributed by atoms with Crippen molar-refractivity contribution in [2.75, 3.05) is 19.8 Å². The van der Waals surface area contributed by atoms with Crippen molar-refractivity contribution in [3.05, 3.63) is 11.6 Å². The highest BCUT2D eigenvalue weighted by Gasteiger charge is 2.16. The average molecular weight is 196 g/mol. The molecule has 1 N–H and O–H groups in total. The van der Waals surface area contributed by atoms with Crippen molar-refractivity contribution in [2.24, 2.45) is 7.05 Å². The fraction of sp³-hybridized carbons (Fsp3) is 0.778. The van der Waals surface area contributed by atoms with Crippen molar-refractivity contribution in [1.29, 1.82) is 0 Å². The second kappa shape index (κ2) is 4.06. The van der Waals surface area contributed by atoms with Crippen LogP contribution in [0.1, 0.15) is 11.6 Å². The second-order valence-corrected chi connectivity index (χ2v) is 3.63. The molecule has 1 atom stereocenters. The molecular weight excluding hydrogens is 180 g/mol. The quantitative estimate of drug-likeness (QED) is 0.702. The van der Waals surface area contributed by atoms with Gasteiger partial charge in [0.25, 0.3) is 0 Å². The third-order valence-electron chi connectivity index (χ3n) is 2.39. The molecule has 5 heteroatoms. The topological polar surface area (TPSA) is 52.0 Å². The zero-order valence-electron chi connectivity index (χ0n) is 8.66. The van der Waals surface area contributed by atoms with Crippen LogP contribution in [-0.4, -0.2) is 40.6 Å². The Hall–Kier alpha value is -0.940. The first-order valence-electron chi connectivity index (χ1n) is 4.93. The summed E-state index contributed by atoms with van der Waals surface area (Å²) in [6.07, 6.45) is 0.886. The minimum atomic E-state index is 0.381. The van der Waals surface area contributed by atoms with E-state index in [0.29, 0.717) is 6.04 Å². The van der Waals surface area contributed by atoms with Crippen LogP contribution in [0.3, 0.4) is 0 Å². The van der Waals surface area contributed by atoms with Crippen molar-refractivity contribution >= 4 is 0 Å². The summed E-state index contributed by atoms with van der Waals surface area (Å²) in [6, 6.07) is 0.381. The lowest BCUT2D eigenvalue weighted by Crippen LogP contribution is -2.43. The van der Waals surface area contributed by atoms with Crippen molar-refractivity contribution in [2.45, 2.75) is 19.4 Å². The summed E-state index contributed by atoms with van der Waals surface area (Å²) >= 11 is 0. The van der Waals surface area contributed by atoms with Crippen LogP contribution in [0.15, 0.2) is 0 Å². The molecule has 1 aliphatic heterocycles. The second-order valence-electron chi connectivity index (χ2n) is 3.63. The molecule has 1 fully saturated rings. The molecule has 0 aliphatic carbocycles. The first-order valence-corrected chi connectivity index (χ1v) is 4.93. The molecule has 1 aromatic heterocycles. The maximum Gasteiger partial charge on any atom is 0.147 e. The SMILES string of the molecule is Cc1nc(CC2COCCN2)n(C)n1. The minimum Gasteiger partial charge on any atom is -0.379 e. The predicted octanol–water partition coefficient (Wildman–Crippen LogP) is -0.346. The first kappa shape index (κ1) is 9.61. The van der Waals surface area contributed by atoms with Gasteiger partial charge in [0.05, 0.1) is 13.2 Å². The van der Waals surface area contributed by atoms with Gasteiger partial charge >= 0.3 is 0 Å². The van der Waals surface area contributed by atoms with Crippen LogP contribution >= 0.6 is 0 Å². The standard InChI is InChI=1S/C9H16N4O/c1-7-11-9(13(2)12-7)5-8-6-14-4-3-10-8/h8,10H,3-6H2,1-2H3. The Kier molecular flexibility index (Phi) is 2.79. The van der Waals surface area contributed by atoms with Crippen molar-refractivity contribution in [3.8, 4) is 0 Å². The number of morpholine rings is 1. The maximum absolute atomic E-state index is 5.38. The molecule has 0 aromatic carbocycles. The van der Waals surface area contributed by atoms with E-state index in [9.17, 15) is 0 Å². The van der Waals surface area contributed by atoms with Gasteiger partial charge in [-0.15, -0.1) is 0 Å². The highest BCUT2D eigenvalue weighted by Crippen LogP contribution is 2.03. The Labute approximate surface area is 83.5 Å². The lowest BCUT2D eigenvalue weighted by atomic mass is 10.2. The van der Waals surface area contributed by atoms with E-state index in [0.717, 1.165) is 37.8 Å². The normalized spacial score (nSPS) is 22.6. The highest BCUT2D eigenvalue weighted by molar-refractivity contribution is 4.94. The Morgan fingerprint density at radius 3 is 3.07 bits per heavy atom. The van der Waals surface area contributed by atoms with E-state index in [-0.39, 0.29) is 0 Å². The van der Waals surface area contributed by atoms with Gasteiger partial charge in [0.1, 0.15) is 11.6 Å². The molecule has 1 aliphatic rings. The van der Waals surface area contributed by atoms with Crippen LogP contribution in [0.25, 0.3) is 0 Å². The molecule has 2 rings (SSSR count). The third-order valence-corrected chi connectivity index (χ3v) is 2.39. The molecule has 0 amide bonds. The molecule has 0 radical (unpaired) electrons. The van der Waals surface area contributed by atoms with E-state index in [4.69, 9.17) is 4.74 Å². The molecular formula is C9H16N4O. The summed E-state index contributed by atoms with van der Waals surface area (Å²) in [5.74, 6) is 1.85. The van der Waals surface area contributed by atoms with E-state index in [1.807, 2.05) is 18.7 Å². The summed E-state index contributed by atoms with van der Waals surface area (Å²) in [7, 11) is 1.93. The fourth-order valence-corrected chi connectivity index (χ4v) is 1.71. The molecule has 0 bridgehead atoms. The number of rotatable bonds is 2. The van der Waals surface area contributed by atoms with Gasteiger partial charge in [-0.25, -0.2) is 4.98 Å². The van der Waals surface area contributed by atoms with Gasteiger partial charge in [0, 0.05) is 26.1 Å². The molecule has 0 spiro atoms. The van der Waals surface area contributed by atoms with Crippen molar-refractivity contribution < 1.29 is 4.74 Å². The number of hydrogen-bond donors (Lipinski definition) is 1. The summed E-state index contributed by atoms with van der Waals surface area (Å²) in [4.78, 5) is 4.36. The van der Waals surface area contributed by atoms with Crippen molar-refractivity contribution in [1.82, 2.24) is 20.1 Å². The summed E-state index contributed by atoms with van der Waals surface area (Å²) in [5.41, 5.74) is 0. The van der Waals surface area contributed by atoms with Crippen LogP contribution in [0.5, 0.6) is 0 Å². The molecule has 1 saturated heterocycles. The number of aromatic nitrogens is 3. The molecule has 14 heavy (non-hydrogen) atoms. The van der Waals surface area contributed by atoms with Gasteiger partial charge in [0.15, 0.2) is 0 Å². The van der Waals surface area contributed by atoms with Gasteiger partial charge in [-0.2, -0.15) is 5.10 Å². The van der Waals surface area contributed by atoms with Gasteiger partial charge in [-0.3, -0.25) is 4.68 Å². The Morgan fingerprint density at radius 1 is 1.64 bits per heavy atom. The number of aryl methyl sites for hydroxylation is 2. The lowest BCUT2D eigenvalue weighted by Gasteiger charge is -2.23. The zero-order valence-corrected chi connectivity index (χ0v) is 8.66. The molecule has 1 aromatic rings. The molecule has 2 heterocycles. The number of ether oxygens (including phenoxy) is 1.